The van der Waals surface area contributed by atoms with Crippen LogP contribution in [0, 0.1) is 0 Å². The van der Waals surface area contributed by atoms with Gasteiger partial charge in [0.05, 0.1) is 0 Å². The van der Waals surface area contributed by atoms with E-state index in [2.05, 4.69) is 29.2 Å². The molecule has 4 rings (SSSR count). The number of hydrogen-bond donors (Lipinski definition) is 0. The second-order valence-electron chi connectivity index (χ2n) is 6.96. The summed E-state index contributed by atoms with van der Waals surface area (Å²) in [7, 11) is 0. The molecule has 0 amide bonds. The lowest BCUT2D eigenvalue weighted by Gasteiger charge is -2.28. The molecule has 3 nitrogen and oxygen atoms in total. The molecule has 0 saturated carbocycles. The van der Waals surface area contributed by atoms with E-state index < -0.39 is 0 Å². The van der Waals surface area contributed by atoms with Crippen LogP contribution in [-0.4, -0.2) is 22.6 Å². The minimum Gasteiger partial charge on any atom is -0.315 e. The summed E-state index contributed by atoms with van der Waals surface area (Å²) in [5.41, 5.74) is 5.08. The third-order valence-corrected chi connectivity index (χ3v) is 5.19. The predicted octanol–water partition coefficient (Wildman–Crippen LogP) is 3.96. The summed E-state index contributed by atoms with van der Waals surface area (Å²) in [6.45, 7) is 3.93. The third-order valence-electron chi connectivity index (χ3n) is 5.19. The van der Waals surface area contributed by atoms with Crippen molar-refractivity contribution in [3.8, 4) is 11.1 Å². The monoisotopic (exact) mass is 344 g/mol. The first-order valence-corrected chi connectivity index (χ1v) is 9.35. The molecule has 1 aliphatic rings. The predicted molar refractivity (Wildman–Crippen MR) is 106 cm³/mol. The molecule has 2 aromatic carbocycles. The van der Waals surface area contributed by atoms with Gasteiger partial charge in [0.15, 0.2) is 0 Å². The van der Waals surface area contributed by atoms with Crippen molar-refractivity contribution in [2.45, 2.75) is 25.9 Å². The standard InChI is InChI=1S/C23H24N2O/c26-23-17-21(19-7-2-1-3-8-19)12-16-25(23)14-6-13-24-15-11-20-9-4-5-10-22(20)18-24/h1-5,7-10,12,16-17H,6,11,13-15,18H2. The fraction of sp³-hybridized carbons (Fsp3) is 0.261. The Morgan fingerprint density at radius 3 is 2.38 bits per heavy atom. The lowest BCUT2D eigenvalue weighted by molar-refractivity contribution is 0.246. The smallest absolute Gasteiger partial charge is 0.251 e. The maximum absolute atomic E-state index is 12.4. The summed E-state index contributed by atoms with van der Waals surface area (Å²) < 4.78 is 1.82. The Morgan fingerprint density at radius 1 is 0.808 bits per heavy atom. The summed E-state index contributed by atoms with van der Waals surface area (Å²) >= 11 is 0. The molecule has 0 saturated heterocycles. The Morgan fingerprint density at radius 2 is 1.58 bits per heavy atom. The summed E-state index contributed by atoms with van der Waals surface area (Å²) in [5.74, 6) is 0. The van der Waals surface area contributed by atoms with Gasteiger partial charge in [-0.1, -0.05) is 54.6 Å². The molecule has 2 heterocycles. The number of rotatable bonds is 5. The van der Waals surface area contributed by atoms with Crippen LogP contribution in [0.3, 0.4) is 0 Å². The normalized spacial score (nSPS) is 14.2. The average molecular weight is 344 g/mol. The van der Waals surface area contributed by atoms with Crippen molar-refractivity contribution in [3.63, 3.8) is 0 Å². The van der Waals surface area contributed by atoms with Crippen LogP contribution in [0.4, 0.5) is 0 Å². The van der Waals surface area contributed by atoms with E-state index in [1.807, 2.05) is 47.2 Å². The number of aryl methyl sites for hydroxylation is 1. The van der Waals surface area contributed by atoms with Crippen LogP contribution in [0.25, 0.3) is 11.1 Å². The Balaban J connectivity index is 1.35. The average Bonchev–Trinajstić information content (AvgIpc) is 2.70. The van der Waals surface area contributed by atoms with Crippen LogP contribution in [-0.2, 0) is 19.5 Å². The van der Waals surface area contributed by atoms with Gasteiger partial charge in [0, 0.05) is 38.4 Å². The van der Waals surface area contributed by atoms with E-state index in [1.165, 1.54) is 11.1 Å². The molecule has 0 unspecified atom stereocenters. The summed E-state index contributed by atoms with van der Waals surface area (Å²) in [4.78, 5) is 14.9. The van der Waals surface area contributed by atoms with Gasteiger partial charge in [-0.2, -0.15) is 0 Å². The van der Waals surface area contributed by atoms with E-state index in [4.69, 9.17) is 0 Å². The van der Waals surface area contributed by atoms with E-state index in [1.54, 1.807) is 6.07 Å². The van der Waals surface area contributed by atoms with Gasteiger partial charge in [-0.3, -0.25) is 9.69 Å². The van der Waals surface area contributed by atoms with Gasteiger partial charge in [0.1, 0.15) is 0 Å². The van der Waals surface area contributed by atoms with E-state index in [0.29, 0.717) is 0 Å². The Kier molecular flexibility index (Phi) is 4.98. The minimum absolute atomic E-state index is 0.0790. The van der Waals surface area contributed by atoms with Gasteiger partial charge in [0.25, 0.3) is 5.56 Å². The van der Waals surface area contributed by atoms with E-state index in [0.717, 1.165) is 50.1 Å². The SMILES string of the molecule is O=c1cc(-c2ccccc2)ccn1CCCN1CCc2ccccc2C1. The molecule has 3 aromatic rings. The zero-order chi connectivity index (χ0) is 17.8. The largest absolute Gasteiger partial charge is 0.315 e. The minimum atomic E-state index is 0.0790. The maximum Gasteiger partial charge on any atom is 0.251 e. The molecule has 1 aromatic heterocycles. The highest BCUT2D eigenvalue weighted by atomic mass is 16.1. The van der Waals surface area contributed by atoms with Crippen molar-refractivity contribution in [1.82, 2.24) is 9.47 Å². The molecule has 1 aliphatic heterocycles. The molecule has 26 heavy (non-hydrogen) atoms. The molecule has 0 N–H and O–H groups in total. The van der Waals surface area contributed by atoms with Gasteiger partial charge in [-0.05, 0) is 41.2 Å². The molecule has 0 aliphatic carbocycles. The maximum atomic E-state index is 12.4. The van der Waals surface area contributed by atoms with Gasteiger partial charge >= 0.3 is 0 Å². The lowest BCUT2D eigenvalue weighted by atomic mass is 10.00. The molecular weight excluding hydrogens is 320 g/mol. The molecule has 3 heteroatoms. The van der Waals surface area contributed by atoms with E-state index >= 15 is 0 Å². The van der Waals surface area contributed by atoms with Crippen LogP contribution in [0.1, 0.15) is 17.5 Å². The van der Waals surface area contributed by atoms with Crippen LogP contribution < -0.4 is 5.56 Å². The molecule has 0 fully saturated rings. The Labute approximate surface area is 154 Å². The van der Waals surface area contributed by atoms with Crippen LogP contribution >= 0.6 is 0 Å². The van der Waals surface area contributed by atoms with Crippen molar-refractivity contribution in [3.05, 3.63) is 94.4 Å². The van der Waals surface area contributed by atoms with Gasteiger partial charge < -0.3 is 4.57 Å². The quantitative estimate of drug-likeness (QED) is 0.700. The first-order chi connectivity index (χ1) is 12.8. The van der Waals surface area contributed by atoms with E-state index in [9.17, 15) is 4.79 Å². The van der Waals surface area contributed by atoms with Crippen LogP contribution in [0.15, 0.2) is 77.7 Å². The van der Waals surface area contributed by atoms with Gasteiger partial charge in [-0.15, -0.1) is 0 Å². The fourth-order valence-corrected chi connectivity index (χ4v) is 3.71. The van der Waals surface area contributed by atoms with Crippen molar-refractivity contribution < 1.29 is 0 Å². The second kappa shape index (κ2) is 7.71. The second-order valence-corrected chi connectivity index (χ2v) is 6.96. The van der Waals surface area contributed by atoms with E-state index in [-0.39, 0.29) is 5.56 Å². The van der Waals surface area contributed by atoms with Crippen LogP contribution in [0.5, 0.6) is 0 Å². The molecule has 0 spiro atoms. The number of nitrogens with zero attached hydrogens (tertiary/aromatic N) is 2. The fourth-order valence-electron chi connectivity index (χ4n) is 3.71. The van der Waals surface area contributed by atoms with Crippen molar-refractivity contribution in [2.24, 2.45) is 0 Å². The first-order valence-electron chi connectivity index (χ1n) is 9.35. The van der Waals surface area contributed by atoms with Gasteiger partial charge in [0.2, 0.25) is 0 Å². The molecular formula is C23H24N2O. The van der Waals surface area contributed by atoms with Crippen molar-refractivity contribution in [1.29, 1.82) is 0 Å². The number of pyridine rings is 1. The molecule has 0 atom stereocenters. The highest BCUT2D eigenvalue weighted by Gasteiger charge is 2.14. The molecule has 0 bridgehead atoms. The zero-order valence-corrected chi connectivity index (χ0v) is 15.0. The Bertz CT molecular complexity index is 930. The van der Waals surface area contributed by atoms with Crippen molar-refractivity contribution >= 4 is 0 Å². The highest BCUT2D eigenvalue weighted by molar-refractivity contribution is 5.62. The highest BCUT2D eigenvalue weighted by Crippen LogP contribution is 2.19. The summed E-state index contributed by atoms with van der Waals surface area (Å²) in [5, 5.41) is 0. The first kappa shape index (κ1) is 16.8. The van der Waals surface area contributed by atoms with Gasteiger partial charge in [-0.25, -0.2) is 0 Å². The zero-order valence-electron chi connectivity index (χ0n) is 15.0. The topological polar surface area (TPSA) is 25.2 Å². The summed E-state index contributed by atoms with van der Waals surface area (Å²) in [6.07, 6.45) is 4.05. The molecule has 132 valence electrons. The Hall–Kier alpha value is -2.65. The number of fused-ring (bicyclic) bond motifs is 1. The number of benzene rings is 2. The molecule has 0 radical (unpaired) electrons. The summed E-state index contributed by atoms with van der Waals surface area (Å²) in [6, 6.07) is 22.5. The number of hydrogen-bond acceptors (Lipinski definition) is 2. The number of aromatic nitrogens is 1. The third kappa shape index (κ3) is 3.78. The lowest BCUT2D eigenvalue weighted by Crippen LogP contribution is -2.32. The van der Waals surface area contributed by atoms with Crippen molar-refractivity contribution in [2.75, 3.05) is 13.1 Å². The van der Waals surface area contributed by atoms with Crippen LogP contribution in [0.2, 0.25) is 0 Å².